The minimum atomic E-state index is -0.426. The lowest BCUT2D eigenvalue weighted by atomic mass is 9.94. The van der Waals surface area contributed by atoms with Crippen molar-refractivity contribution in [2.24, 2.45) is 27.7 Å². The Balaban J connectivity index is 0.947. The Bertz CT molecular complexity index is 1490. The number of aliphatic imine (C=N–C) groups is 1. The van der Waals surface area contributed by atoms with Gasteiger partial charge in [-0.15, -0.1) is 5.10 Å². The number of nitrogens with zero attached hydrogens (tertiary/aromatic N) is 4. The van der Waals surface area contributed by atoms with Crippen molar-refractivity contribution in [3.63, 3.8) is 0 Å². The fourth-order valence-corrected chi connectivity index (χ4v) is 7.99. The number of halogens is 1. The molecule has 4 fully saturated rings. The van der Waals surface area contributed by atoms with Gasteiger partial charge in [-0.1, -0.05) is 24.8 Å². The molecule has 3 aliphatic carbocycles. The number of carbonyl (C=O) groups is 2. The van der Waals surface area contributed by atoms with Gasteiger partial charge in [0.1, 0.15) is 22.6 Å². The molecule has 1 unspecified atom stereocenters. The average Bonchev–Trinajstić information content (AvgIpc) is 3.95. The van der Waals surface area contributed by atoms with Gasteiger partial charge in [-0.2, -0.15) is 0 Å². The van der Waals surface area contributed by atoms with Crippen LogP contribution < -0.4 is 20.1 Å². The van der Waals surface area contributed by atoms with Crippen molar-refractivity contribution in [1.82, 2.24) is 30.1 Å². The maximum Gasteiger partial charge on any atom is 0.264 e. The van der Waals surface area contributed by atoms with Gasteiger partial charge in [0.15, 0.2) is 11.6 Å². The number of ketones is 1. The number of nitrogens with one attached hydrogen (secondary N) is 3. The Labute approximate surface area is 267 Å². The van der Waals surface area contributed by atoms with E-state index in [-0.39, 0.29) is 34.6 Å². The van der Waals surface area contributed by atoms with E-state index in [1.54, 1.807) is 30.5 Å². The molecule has 3 saturated carbocycles. The van der Waals surface area contributed by atoms with Crippen molar-refractivity contribution < 1.29 is 14.3 Å². The van der Waals surface area contributed by atoms with Gasteiger partial charge in [-0.25, -0.2) is 14.7 Å². The summed E-state index contributed by atoms with van der Waals surface area (Å²) in [6, 6.07) is 4.90. The van der Waals surface area contributed by atoms with E-state index in [4.69, 9.17) is 16.3 Å². The smallest absolute Gasteiger partial charge is 0.264 e. The zero-order valence-corrected chi connectivity index (χ0v) is 26.9. The van der Waals surface area contributed by atoms with Crippen molar-refractivity contribution >= 4 is 40.3 Å². The Morgan fingerprint density at radius 1 is 1.25 bits per heavy atom. The van der Waals surface area contributed by atoms with Gasteiger partial charge >= 0.3 is 0 Å². The first-order valence-electron chi connectivity index (χ1n) is 15.3. The molecule has 2 aromatic rings. The molecule has 3 N–H and O–H groups in total. The van der Waals surface area contributed by atoms with Crippen LogP contribution in [0.1, 0.15) is 69.2 Å². The van der Waals surface area contributed by atoms with Crippen LogP contribution in [0.5, 0.6) is 5.88 Å². The third-order valence-electron chi connectivity index (χ3n) is 9.61. The first-order valence-corrected chi connectivity index (χ1v) is 16.5. The predicted octanol–water partition coefficient (Wildman–Crippen LogP) is 5.25. The maximum absolute atomic E-state index is 12.9. The van der Waals surface area contributed by atoms with Crippen molar-refractivity contribution in [3.8, 4) is 11.7 Å². The fraction of sp³-hybridized carbons (Fsp3) is 0.531. The minimum Gasteiger partial charge on any atom is -0.469 e. The molecular formula is C32H40ClN7O3S. The highest BCUT2D eigenvalue weighted by Crippen LogP contribution is 2.92. The molecule has 1 saturated heterocycles. The van der Waals surface area contributed by atoms with Gasteiger partial charge in [-0.05, 0) is 100 Å². The van der Waals surface area contributed by atoms with E-state index >= 15 is 0 Å². The first-order chi connectivity index (χ1) is 21.1. The number of carbonyl (C=O) groups excluding carboxylic acids is 2. The van der Waals surface area contributed by atoms with E-state index in [9.17, 15) is 9.59 Å². The number of rotatable bonds is 13. The summed E-state index contributed by atoms with van der Waals surface area (Å²) in [5, 5.41) is 11.7. The van der Waals surface area contributed by atoms with Gasteiger partial charge in [0.05, 0.1) is 5.56 Å². The Hall–Kier alpha value is -3.15. The molecule has 0 bridgehead atoms. The maximum atomic E-state index is 12.9. The number of amides is 1. The standard InChI is InChI=1S/C32H40ClN7O3S/c1-5-26(36-20(2)34-15-6-7-21-17-30(3,4)35-18-21)44-39-29(42)22-8-9-24(37-28(22)33)40-16-10-25(38-40)43-19-23(41)27-31(11-12-31)32(27)13-14-32/h5,8-10,16,21,27,34-35H,1-2,6-7,11-15,17-19H2,3-4H3,(H,39,42)/b36-26+. The number of hydrogen-bond donors (Lipinski definition) is 3. The number of Topliss-reactive ketones (excluding diaryl/α,β-unsaturated/α-hetero) is 1. The van der Waals surface area contributed by atoms with E-state index < -0.39 is 5.91 Å². The summed E-state index contributed by atoms with van der Waals surface area (Å²) >= 11 is 7.40. The molecule has 0 aromatic carbocycles. The number of ether oxygens (including phenoxy) is 1. The summed E-state index contributed by atoms with van der Waals surface area (Å²) in [5.74, 6) is 1.90. The molecule has 0 radical (unpaired) electrons. The van der Waals surface area contributed by atoms with E-state index in [2.05, 4.69) is 57.4 Å². The highest BCUT2D eigenvalue weighted by molar-refractivity contribution is 8.13. The second kappa shape index (κ2) is 12.0. The quantitative estimate of drug-likeness (QED) is 0.0895. The molecule has 3 heterocycles. The zero-order chi connectivity index (χ0) is 31.1. The molecule has 4 aliphatic rings. The number of aromatic nitrogens is 3. The number of hydrogen-bond acceptors (Lipinski definition) is 9. The lowest BCUT2D eigenvalue weighted by Crippen LogP contribution is -2.31. The lowest BCUT2D eigenvalue weighted by molar-refractivity contribution is -0.123. The van der Waals surface area contributed by atoms with E-state index in [0.29, 0.717) is 39.3 Å². The Morgan fingerprint density at radius 3 is 2.64 bits per heavy atom. The highest BCUT2D eigenvalue weighted by atomic mass is 35.5. The molecule has 1 amide bonds. The number of fused-ring (bicyclic) bond motifs is 1. The van der Waals surface area contributed by atoms with Crippen LogP contribution in [0.4, 0.5) is 0 Å². The van der Waals surface area contributed by atoms with Gasteiger partial charge in [0, 0.05) is 42.2 Å². The lowest BCUT2D eigenvalue weighted by Gasteiger charge is -2.17. The molecule has 234 valence electrons. The highest BCUT2D eigenvalue weighted by Gasteiger charge is 2.88. The normalized spacial score (nSPS) is 22.1. The third kappa shape index (κ3) is 6.32. The summed E-state index contributed by atoms with van der Waals surface area (Å²) in [5.41, 5.74) is 1.06. The van der Waals surface area contributed by atoms with Crippen LogP contribution in [0, 0.1) is 22.7 Å². The van der Waals surface area contributed by atoms with Gasteiger partial charge in [0.2, 0.25) is 5.88 Å². The molecule has 1 atom stereocenters. The number of pyridine rings is 1. The van der Waals surface area contributed by atoms with Crippen molar-refractivity contribution in [1.29, 1.82) is 0 Å². The minimum absolute atomic E-state index is 0.0240. The monoisotopic (exact) mass is 637 g/mol. The van der Waals surface area contributed by atoms with Crippen LogP contribution in [-0.2, 0) is 4.79 Å². The summed E-state index contributed by atoms with van der Waals surface area (Å²) in [4.78, 5) is 34.4. The predicted molar refractivity (Wildman–Crippen MR) is 173 cm³/mol. The third-order valence-corrected chi connectivity index (χ3v) is 10.7. The van der Waals surface area contributed by atoms with Crippen molar-refractivity contribution in [2.45, 2.75) is 64.3 Å². The molecule has 2 spiro atoms. The Morgan fingerprint density at radius 2 is 2.00 bits per heavy atom. The molecule has 2 aromatic heterocycles. The molecule has 44 heavy (non-hydrogen) atoms. The topological polar surface area (TPSA) is 123 Å². The van der Waals surface area contributed by atoms with Crippen LogP contribution in [0.15, 0.2) is 54.4 Å². The summed E-state index contributed by atoms with van der Waals surface area (Å²) in [7, 11) is 0. The largest absolute Gasteiger partial charge is 0.469 e. The van der Waals surface area contributed by atoms with E-state index in [1.807, 2.05) is 0 Å². The fourth-order valence-electron chi connectivity index (χ4n) is 7.21. The van der Waals surface area contributed by atoms with Gasteiger partial charge < -0.3 is 15.4 Å². The molecule has 1 aliphatic heterocycles. The summed E-state index contributed by atoms with van der Waals surface area (Å²) in [6.07, 6.45) is 11.3. The van der Waals surface area contributed by atoms with Crippen LogP contribution in [0.25, 0.3) is 5.82 Å². The average molecular weight is 638 g/mol. The summed E-state index contributed by atoms with van der Waals surface area (Å²) < 4.78 is 9.94. The molecule has 10 nitrogen and oxygen atoms in total. The molecular weight excluding hydrogens is 598 g/mol. The second-order valence-corrected chi connectivity index (χ2v) is 14.3. The molecule has 12 heteroatoms. The molecule has 6 rings (SSSR count). The van der Waals surface area contributed by atoms with Gasteiger partial charge in [-0.3, -0.25) is 14.3 Å². The summed E-state index contributed by atoms with van der Waals surface area (Å²) in [6.45, 7) is 14.1. The van der Waals surface area contributed by atoms with Crippen molar-refractivity contribution in [3.05, 3.63) is 60.2 Å². The van der Waals surface area contributed by atoms with E-state index in [0.717, 1.165) is 37.9 Å². The van der Waals surface area contributed by atoms with Crippen LogP contribution in [-0.4, -0.2) is 56.7 Å². The second-order valence-electron chi connectivity index (χ2n) is 13.1. The SMILES string of the molecule is C=C/C(=N\C(=C)NCCCC1CNC(C)(C)C1)SNC(=O)c1ccc(-n2ccc(OCC(=O)C3C4(CC4)C34CC4)n2)nc1Cl. The first kappa shape index (κ1) is 30.9. The van der Waals surface area contributed by atoms with Gasteiger partial charge in [0.25, 0.3) is 5.91 Å². The zero-order valence-electron chi connectivity index (χ0n) is 25.3. The van der Waals surface area contributed by atoms with Crippen LogP contribution in [0.3, 0.4) is 0 Å². The Kier molecular flexibility index (Phi) is 8.40. The van der Waals surface area contributed by atoms with Crippen molar-refractivity contribution in [2.75, 3.05) is 19.7 Å². The van der Waals surface area contributed by atoms with Crippen LogP contribution >= 0.6 is 23.5 Å². The van der Waals surface area contributed by atoms with E-state index in [1.165, 1.54) is 36.8 Å². The van der Waals surface area contributed by atoms with Crippen LogP contribution in [0.2, 0.25) is 5.15 Å².